The zero-order valence-corrected chi connectivity index (χ0v) is 8.46. The lowest BCUT2D eigenvalue weighted by atomic mass is 9.83. The fourth-order valence-electron chi connectivity index (χ4n) is 2.10. The summed E-state index contributed by atoms with van der Waals surface area (Å²) in [5, 5.41) is 3.37. The normalized spacial score (nSPS) is 28.8. The molecule has 1 aliphatic rings. The molecule has 0 aromatic carbocycles. The number of hydrogen-bond acceptors (Lipinski definition) is 4. The van der Waals surface area contributed by atoms with Gasteiger partial charge >= 0.3 is 6.47 Å². The van der Waals surface area contributed by atoms with Crippen LogP contribution in [0.5, 0.6) is 0 Å². The number of nitrogens with one attached hydrogen (secondary N) is 2. The van der Waals surface area contributed by atoms with Crippen molar-refractivity contribution < 1.29 is 9.63 Å². The molecule has 0 aromatic heterocycles. The molecular weight excluding hydrogens is 168 g/mol. The predicted octanol–water partition coefficient (Wildman–Crippen LogP) is 0.441. The first-order valence-electron chi connectivity index (χ1n) is 4.68. The van der Waals surface area contributed by atoms with E-state index in [1.54, 1.807) is 0 Å². The fraction of sp³-hybridized carbons (Fsp3) is 0.889. The summed E-state index contributed by atoms with van der Waals surface area (Å²) in [5.41, 5.74) is 2.61. The third kappa shape index (κ3) is 2.42. The molecule has 1 fully saturated rings. The zero-order valence-electron chi connectivity index (χ0n) is 8.46. The van der Waals surface area contributed by atoms with Crippen LogP contribution < -0.4 is 10.8 Å². The van der Waals surface area contributed by atoms with Crippen LogP contribution in [0.4, 0.5) is 0 Å². The van der Waals surface area contributed by atoms with E-state index >= 15 is 0 Å². The lowest BCUT2D eigenvalue weighted by Crippen LogP contribution is -2.49. The Bertz CT molecular complexity index is 182. The van der Waals surface area contributed by atoms with Crippen LogP contribution in [0.15, 0.2) is 0 Å². The van der Waals surface area contributed by atoms with Crippen molar-refractivity contribution in [1.29, 1.82) is 0 Å². The van der Waals surface area contributed by atoms with Gasteiger partial charge in [-0.1, -0.05) is 0 Å². The maximum absolute atomic E-state index is 10.0. The predicted molar refractivity (Wildman–Crippen MR) is 49.9 cm³/mol. The number of carbonyl (C=O) groups is 1. The second kappa shape index (κ2) is 4.07. The maximum Gasteiger partial charge on any atom is 0.312 e. The van der Waals surface area contributed by atoms with E-state index in [9.17, 15) is 4.79 Å². The number of rotatable bonds is 4. The first kappa shape index (κ1) is 10.5. The topological polar surface area (TPSA) is 50.4 Å². The SMILES string of the molecule is C[C@@H]1NCC[C@@H]1C(C)(C)NOC=O. The molecule has 1 saturated heterocycles. The Hall–Kier alpha value is -0.610. The van der Waals surface area contributed by atoms with Crippen LogP contribution in [-0.4, -0.2) is 24.6 Å². The van der Waals surface area contributed by atoms with E-state index in [2.05, 4.69) is 22.6 Å². The van der Waals surface area contributed by atoms with Crippen LogP contribution in [0.25, 0.3) is 0 Å². The number of hydrogen-bond donors (Lipinski definition) is 2. The Morgan fingerprint density at radius 3 is 2.77 bits per heavy atom. The summed E-state index contributed by atoms with van der Waals surface area (Å²) in [7, 11) is 0. The summed E-state index contributed by atoms with van der Waals surface area (Å²) < 4.78 is 0. The summed E-state index contributed by atoms with van der Waals surface area (Å²) in [4.78, 5) is 14.6. The van der Waals surface area contributed by atoms with E-state index in [4.69, 9.17) is 0 Å². The van der Waals surface area contributed by atoms with Crippen LogP contribution in [0, 0.1) is 5.92 Å². The third-order valence-electron chi connectivity index (χ3n) is 2.82. The minimum absolute atomic E-state index is 0.163. The van der Waals surface area contributed by atoms with Crippen molar-refractivity contribution in [2.45, 2.75) is 38.8 Å². The van der Waals surface area contributed by atoms with Crippen LogP contribution in [0.3, 0.4) is 0 Å². The summed E-state index contributed by atoms with van der Waals surface area (Å²) in [6.45, 7) is 7.71. The Balaban J connectivity index is 2.51. The summed E-state index contributed by atoms with van der Waals surface area (Å²) >= 11 is 0. The standard InChI is InChI=1S/C9H18N2O2/c1-7-8(4-5-10-7)9(2,3)11-13-6-12/h6-8,10-11H,4-5H2,1-3H3/t7-,8-/m0/s1. The zero-order chi connectivity index (χ0) is 9.90. The molecule has 0 bridgehead atoms. The van der Waals surface area contributed by atoms with Crippen molar-refractivity contribution in [3.8, 4) is 0 Å². The second-order valence-electron chi connectivity index (χ2n) is 4.18. The van der Waals surface area contributed by atoms with Crippen molar-refractivity contribution >= 4 is 6.47 Å². The largest absolute Gasteiger partial charge is 0.373 e. The molecule has 1 rings (SSSR count). The van der Waals surface area contributed by atoms with Gasteiger partial charge in [-0.3, -0.25) is 4.79 Å². The highest BCUT2D eigenvalue weighted by Gasteiger charge is 2.37. The van der Waals surface area contributed by atoms with Gasteiger partial charge in [0.25, 0.3) is 0 Å². The molecule has 4 heteroatoms. The van der Waals surface area contributed by atoms with E-state index in [1.807, 2.05) is 13.8 Å². The molecule has 1 aliphatic heterocycles. The van der Waals surface area contributed by atoms with Gasteiger partial charge in [0.05, 0.1) is 5.54 Å². The molecule has 0 unspecified atom stereocenters. The van der Waals surface area contributed by atoms with Crippen molar-refractivity contribution in [3.63, 3.8) is 0 Å². The van der Waals surface area contributed by atoms with Gasteiger partial charge in [0.2, 0.25) is 0 Å². The molecule has 76 valence electrons. The molecular formula is C9H18N2O2. The fourth-order valence-corrected chi connectivity index (χ4v) is 2.10. The Kier molecular flexibility index (Phi) is 3.27. The average molecular weight is 186 g/mol. The first-order valence-corrected chi connectivity index (χ1v) is 4.68. The highest BCUT2D eigenvalue weighted by Crippen LogP contribution is 2.27. The maximum atomic E-state index is 10.0. The Morgan fingerprint density at radius 1 is 1.62 bits per heavy atom. The van der Waals surface area contributed by atoms with Crippen molar-refractivity contribution in [1.82, 2.24) is 10.8 Å². The Labute approximate surface area is 79.0 Å². The van der Waals surface area contributed by atoms with Crippen molar-refractivity contribution in [2.24, 2.45) is 5.92 Å². The van der Waals surface area contributed by atoms with Gasteiger partial charge in [0, 0.05) is 6.04 Å². The van der Waals surface area contributed by atoms with E-state index in [0.29, 0.717) is 18.4 Å². The molecule has 0 aromatic rings. The van der Waals surface area contributed by atoms with E-state index in [1.165, 1.54) is 0 Å². The second-order valence-corrected chi connectivity index (χ2v) is 4.18. The van der Waals surface area contributed by atoms with Crippen LogP contribution >= 0.6 is 0 Å². The molecule has 0 saturated carbocycles. The first-order chi connectivity index (χ1) is 6.08. The minimum atomic E-state index is -0.163. The molecule has 4 nitrogen and oxygen atoms in total. The number of hydroxylamine groups is 1. The van der Waals surface area contributed by atoms with Gasteiger partial charge in [-0.05, 0) is 39.7 Å². The van der Waals surface area contributed by atoms with Crippen molar-refractivity contribution in [3.05, 3.63) is 0 Å². The summed E-state index contributed by atoms with van der Waals surface area (Å²) in [6, 6.07) is 0.470. The molecule has 0 radical (unpaired) electrons. The third-order valence-corrected chi connectivity index (χ3v) is 2.82. The van der Waals surface area contributed by atoms with Gasteiger partial charge in [-0.2, -0.15) is 0 Å². The molecule has 2 N–H and O–H groups in total. The minimum Gasteiger partial charge on any atom is -0.373 e. The quantitative estimate of drug-likeness (QED) is 0.494. The van der Waals surface area contributed by atoms with Gasteiger partial charge < -0.3 is 10.2 Å². The monoisotopic (exact) mass is 186 g/mol. The summed E-state index contributed by atoms with van der Waals surface area (Å²) in [6.07, 6.45) is 1.11. The van der Waals surface area contributed by atoms with Gasteiger partial charge in [-0.15, -0.1) is 5.48 Å². The van der Waals surface area contributed by atoms with E-state index in [-0.39, 0.29) is 5.54 Å². The van der Waals surface area contributed by atoms with Crippen LogP contribution in [-0.2, 0) is 9.63 Å². The van der Waals surface area contributed by atoms with Crippen LogP contribution in [0.1, 0.15) is 27.2 Å². The van der Waals surface area contributed by atoms with E-state index in [0.717, 1.165) is 13.0 Å². The smallest absolute Gasteiger partial charge is 0.312 e. The molecule has 0 amide bonds. The molecule has 1 heterocycles. The number of carbonyl (C=O) groups excluding carboxylic acids is 1. The van der Waals surface area contributed by atoms with Crippen molar-refractivity contribution in [2.75, 3.05) is 6.54 Å². The van der Waals surface area contributed by atoms with E-state index < -0.39 is 0 Å². The molecule has 0 aliphatic carbocycles. The lowest BCUT2D eigenvalue weighted by Gasteiger charge is -2.33. The molecule has 2 atom stereocenters. The van der Waals surface area contributed by atoms with Crippen LogP contribution in [0.2, 0.25) is 0 Å². The average Bonchev–Trinajstić information content (AvgIpc) is 2.48. The summed E-state index contributed by atoms with van der Waals surface area (Å²) in [5.74, 6) is 0.493. The molecule has 13 heavy (non-hydrogen) atoms. The highest BCUT2D eigenvalue weighted by atomic mass is 16.7. The van der Waals surface area contributed by atoms with Gasteiger partial charge in [0.15, 0.2) is 0 Å². The lowest BCUT2D eigenvalue weighted by molar-refractivity contribution is -0.141. The highest BCUT2D eigenvalue weighted by molar-refractivity contribution is 5.36. The van der Waals surface area contributed by atoms with Gasteiger partial charge in [0.1, 0.15) is 0 Å². The Morgan fingerprint density at radius 2 is 2.31 bits per heavy atom. The molecule has 0 spiro atoms. The van der Waals surface area contributed by atoms with Gasteiger partial charge in [-0.25, -0.2) is 0 Å².